The SMILES string of the molecule is CCCN1CCc2nc(C3CCCNC3)sc2C1. The zero-order valence-electron chi connectivity index (χ0n) is 11.2. The number of fused-ring (bicyclic) bond motifs is 1. The highest BCUT2D eigenvalue weighted by Gasteiger charge is 2.24. The molecule has 0 aromatic carbocycles. The highest BCUT2D eigenvalue weighted by Crippen LogP contribution is 2.32. The maximum Gasteiger partial charge on any atom is 0.0975 e. The van der Waals surface area contributed by atoms with Crippen LogP contribution in [0.25, 0.3) is 0 Å². The zero-order valence-corrected chi connectivity index (χ0v) is 12.1. The van der Waals surface area contributed by atoms with Crippen molar-refractivity contribution in [2.24, 2.45) is 0 Å². The molecule has 1 atom stereocenters. The van der Waals surface area contributed by atoms with Crippen LogP contribution in [0.15, 0.2) is 0 Å². The summed E-state index contributed by atoms with van der Waals surface area (Å²) in [7, 11) is 0. The third-order valence-electron chi connectivity index (χ3n) is 4.01. The molecule has 0 amide bonds. The Morgan fingerprint density at radius 3 is 3.22 bits per heavy atom. The van der Waals surface area contributed by atoms with Crippen molar-refractivity contribution in [2.75, 3.05) is 26.2 Å². The topological polar surface area (TPSA) is 28.2 Å². The van der Waals surface area contributed by atoms with E-state index in [1.165, 1.54) is 54.5 Å². The summed E-state index contributed by atoms with van der Waals surface area (Å²) in [6.45, 7) is 8.16. The van der Waals surface area contributed by atoms with Crippen LogP contribution in [0.1, 0.15) is 47.7 Å². The van der Waals surface area contributed by atoms with E-state index >= 15 is 0 Å². The van der Waals surface area contributed by atoms with Gasteiger partial charge in [-0.1, -0.05) is 6.92 Å². The molecule has 100 valence electrons. The molecule has 0 radical (unpaired) electrons. The molecule has 4 heteroatoms. The molecule has 3 nitrogen and oxygen atoms in total. The van der Waals surface area contributed by atoms with E-state index in [1.807, 2.05) is 11.3 Å². The second-order valence-electron chi connectivity index (χ2n) is 5.49. The van der Waals surface area contributed by atoms with Gasteiger partial charge in [0.2, 0.25) is 0 Å². The molecule has 2 aliphatic heterocycles. The smallest absolute Gasteiger partial charge is 0.0975 e. The van der Waals surface area contributed by atoms with E-state index in [2.05, 4.69) is 17.1 Å². The first-order chi connectivity index (χ1) is 8.86. The quantitative estimate of drug-likeness (QED) is 0.909. The van der Waals surface area contributed by atoms with Crippen LogP contribution < -0.4 is 5.32 Å². The minimum atomic E-state index is 0.675. The van der Waals surface area contributed by atoms with Gasteiger partial charge in [0.15, 0.2) is 0 Å². The normalized spacial score (nSPS) is 25.1. The number of nitrogens with one attached hydrogen (secondary N) is 1. The summed E-state index contributed by atoms with van der Waals surface area (Å²) in [6.07, 6.45) is 5.04. The monoisotopic (exact) mass is 265 g/mol. The van der Waals surface area contributed by atoms with Crippen molar-refractivity contribution in [1.29, 1.82) is 0 Å². The third-order valence-corrected chi connectivity index (χ3v) is 5.26. The molecule has 1 unspecified atom stereocenters. The van der Waals surface area contributed by atoms with Gasteiger partial charge in [-0.15, -0.1) is 11.3 Å². The van der Waals surface area contributed by atoms with E-state index in [0.29, 0.717) is 5.92 Å². The first kappa shape index (κ1) is 12.6. The Kier molecular flexibility index (Phi) is 3.97. The molecular weight excluding hydrogens is 242 g/mol. The summed E-state index contributed by atoms with van der Waals surface area (Å²) in [5.74, 6) is 0.675. The molecule has 0 bridgehead atoms. The number of hydrogen-bond donors (Lipinski definition) is 1. The second-order valence-corrected chi connectivity index (χ2v) is 6.61. The Morgan fingerprint density at radius 1 is 1.50 bits per heavy atom. The van der Waals surface area contributed by atoms with E-state index in [1.54, 1.807) is 0 Å². The summed E-state index contributed by atoms with van der Waals surface area (Å²) >= 11 is 1.98. The van der Waals surface area contributed by atoms with Crippen LogP contribution in [-0.2, 0) is 13.0 Å². The molecule has 1 N–H and O–H groups in total. The van der Waals surface area contributed by atoms with E-state index in [9.17, 15) is 0 Å². The van der Waals surface area contributed by atoms with Gasteiger partial charge in [0.05, 0.1) is 10.7 Å². The van der Waals surface area contributed by atoms with Crippen LogP contribution in [0.3, 0.4) is 0 Å². The van der Waals surface area contributed by atoms with E-state index in [-0.39, 0.29) is 0 Å². The van der Waals surface area contributed by atoms with Crippen LogP contribution in [0, 0.1) is 0 Å². The lowest BCUT2D eigenvalue weighted by Gasteiger charge is -2.25. The Hall–Kier alpha value is -0.450. The Bertz CT molecular complexity index is 396. The van der Waals surface area contributed by atoms with Crippen LogP contribution in [0.5, 0.6) is 0 Å². The highest BCUT2D eigenvalue weighted by molar-refractivity contribution is 7.11. The maximum atomic E-state index is 4.92. The van der Waals surface area contributed by atoms with Gasteiger partial charge < -0.3 is 5.32 Å². The van der Waals surface area contributed by atoms with Gasteiger partial charge in [-0.2, -0.15) is 0 Å². The van der Waals surface area contributed by atoms with E-state index < -0.39 is 0 Å². The number of hydrogen-bond acceptors (Lipinski definition) is 4. The highest BCUT2D eigenvalue weighted by atomic mass is 32.1. The van der Waals surface area contributed by atoms with Crippen molar-refractivity contribution >= 4 is 11.3 Å². The van der Waals surface area contributed by atoms with Crippen LogP contribution in [0.2, 0.25) is 0 Å². The number of aromatic nitrogens is 1. The molecular formula is C14H23N3S. The van der Waals surface area contributed by atoms with Crippen molar-refractivity contribution in [3.05, 3.63) is 15.6 Å². The van der Waals surface area contributed by atoms with Crippen LogP contribution in [-0.4, -0.2) is 36.1 Å². The van der Waals surface area contributed by atoms with E-state index in [4.69, 9.17) is 4.98 Å². The second kappa shape index (κ2) is 5.68. The molecule has 1 fully saturated rings. The zero-order chi connectivity index (χ0) is 12.4. The molecule has 0 saturated carbocycles. The van der Waals surface area contributed by atoms with Crippen molar-refractivity contribution in [1.82, 2.24) is 15.2 Å². The number of rotatable bonds is 3. The maximum absolute atomic E-state index is 4.92. The lowest BCUT2D eigenvalue weighted by molar-refractivity contribution is 0.256. The standard InChI is InChI=1S/C14H23N3S/c1-2-7-17-8-5-12-13(10-17)18-14(16-12)11-4-3-6-15-9-11/h11,15H,2-10H2,1H3. The Balaban J connectivity index is 1.72. The van der Waals surface area contributed by atoms with Gasteiger partial charge in [0.1, 0.15) is 0 Å². The molecule has 0 aliphatic carbocycles. The lowest BCUT2D eigenvalue weighted by Crippen LogP contribution is -2.30. The summed E-state index contributed by atoms with van der Waals surface area (Å²) in [5, 5.41) is 4.89. The summed E-state index contributed by atoms with van der Waals surface area (Å²) < 4.78 is 0. The number of nitrogens with zero attached hydrogens (tertiary/aromatic N) is 2. The van der Waals surface area contributed by atoms with Gasteiger partial charge in [0.25, 0.3) is 0 Å². The first-order valence-corrected chi connectivity index (χ1v) is 8.10. The number of piperidine rings is 1. The van der Waals surface area contributed by atoms with Gasteiger partial charge in [-0.05, 0) is 32.4 Å². The third kappa shape index (κ3) is 2.60. The molecule has 1 aromatic rings. The molecule has 2 aliphatic rings. The van der Waals surface area contributed by atoms with Crippen molar-refractivity contribution < 1.29 is 0 Å². The minimum Gasteiger partial charge on any atom is -0.316 e. The summed E-state index contributed by atoms with van der Waals surface area (Å²) in [6, 6.07) is 0. The first-order valence-electron chi connectivity index (χ1n) is 7.28. The molecule has 3 rings (SSSR count). The predicted octanol–water partition coefficient (Wildman–Crippen LogP) is 2.38. The van der Waals surface area contributed by atoms with Gasteiger partial charge in [-0.25, -0.2) is 4.98 Å². The molecule has 18 heavy (non-hydrogen) atoms. The molecule has 0 spiro atoms. The summed E-state index contributed by atoms with van der Waals surface area (Å²) in [5.41, 5.74) is 1.40. The predicted molar refractivity (Wildman–Crippen MR) is 76.2 cm³/mol. The average molecular weight is 265 g/mol. The number of thiazole rings is 1. The fraction of sp³-hybridized carbons (Fsp3) is 0.786. The molecule has 1 aromatic heterocycles. The van der Waals surface area contributed by atoms with E-state index in [0.717, 1.165) is 19.5 Å². The largest absolute Gasteiger partial charge is 0.316 e. The van der Waals surface area contributed by atoms with Crippen molar-refractivity contribution in [3.8, 4) is 0 Å². The summed E-state index contributed by atoms with van der Waals surface area (Å²) in [4.78, 5) is 9.03. The fourth-order valence-corrected chi connectivity index (χ4v) is 4.30. The Morgan fingerprint density at radius 2 is 2.44 bits per heavy atom. The van der Waals surface area contributed by atoms with Crippen LogP contribution in [0.4, 0.5) is 0 Å². The minimum absolute atomic E-state index is 0.675. The fourth-order valence-electron chi connectivity index (χ4n) is 3.01. The lowest BCUT2D eigenvalue weighted by atomic mass is 10.0. The van der Waals surface area contributed by atoms with Crippen molar-refractivity contribution in [2.45, 2.75) is 45.1 Å². The van der Waals surface area contributed by atoms with Gasteiger partial charge in [0, 0.05) is 36.9 Å². The van der Waals surface area contributed by atoms with Crippen LogP contribution >= 0.6 is 11.3 Å². The molecule has 3 heterocycles. The van der Waals surface area contributed by atoms with Crippen molar-refractivity contribution in [3.63, 3.8) is 0 Å². The van der Waals surface area contributed by atoms with Gasteiger partial charge >= 0.3 is 0 Å². The average Bonchev–Trinajstić information content (AvgIpc) is 2.83. The Labute approximate surface area is 114 Å². The van der Waals surface area contributed by atoms with Gasteiger partial charge in [-0.3, -0.25) is 4.90 Å². The molecule has 1 saturated heterocycles.